The number of rotatable bonds is 7. The molecule has 0 saturated carbocycles. The first kappa shape index (κ1) is 15.6. The third kappa shape index (κ3) is 4.33. The number of hydrogen-bond acceptors (Lipinski definition) is 2. The van der Waals surface area contributed by atoms with E-state index in [9.17, 15) is 0 Å². The summed E-state index contributed by atoms with van der Waals surface area (Å²) in [6.07, 6.45) is 2.86. The molecule has 21 heavy (non-hydrogen) atoms. The molecular weight excluding hydrogens is 260 g/mol. The van der Waals surface area contributed by atoms with Gasteiger partial charge in [0.05, 0.1) is 7.11 Å². The van der Waals surface area contributed by atoms with Gasteiger partial charge in [0.2, 0.25) is 0 Å². The van der Waals surface area contributed by atoms with Crippen LogP contribution in [0.3, 0.4) is 0 Å². The molecular formula is C19H24O2. The largest absolute Gasteiger partial charge is 0.496 e. The van der Waals surface area contributed by atoms with Crippen LogP contribution < -0.4 is 4.74 Å². The fraction of sp³-hybridized carbons (Fsp3) is 0.368. The number of benzene rings is 2. The van der Waals surface area contributed by atoms with Crippen molar-refractivity contribution in [2.75, 3.05) is 13.7 Å². The Morgan fingerprint density at radius 1 is 1.00 bits per heavy atom. The summed E-state index contributed by atoms with van der Waals surface area (Å²) < 4.78 is 5.44. The molecule has 112 valence electrons. The number of aliphatic hydroxyl groups is 1. The fourth-order valence-corrected chi connectivity index (χ4v) is 2.68. The summed E-state index contributed by atoms with van der Waals surface area (Å²) in [6, 6.07) is 16.8. The first-order valence-corrected chi connectivity index (χ1v) is 7.56. The maximum atomic E-state index is 9.02. The molecule has 0 bridgehead atoms. The number of ether oxygens (including phenoxy) is 1. The normalized spacial score (nSPS) is 12.1. The summed E-state index contributed by atoms with van der Waals surface area (Å²) >= 11 is 0. The molecule has 1 unspecified atom stereocenters. The van der Waals surface area contributed by atoms with Gasteiger partial charge in [0.15, 0.2) is 0 Å². The van der Waals surface area contributed by atoms with Crippen molar-refractivity contribution in [2.45, 2.75) is 32.1 Å². The predicted octanol–water partition coefficient (Wildman–Crippen LogP) is 3.97. The van der Waals surface area contributed by atoms with E-state index in [0.29, 0.717) is 5.92 Å². The molecule has 2 aromatic rings. The highest BCUT2D eigenvalue weighted by Gasteiger charge is 2.11. The Hall–Kier alpha value is -1.80. The molecule has 2 nitrogen and oxygen atoms in total. The van der Waals surface area contributed by atoms with Gasteiger partial charge < -0.3 is 9.84 Å². The molecule has 0 saturated heterocycles. The number of aliphatic hydroxyl groups excluding tert-OH is 1. The van der Waals surface area contributed by atoms with Crippen molar-refractivity contribution in [3.63, 3.8) is 0 Å². The molecule has 2 heteroatoms. The molecule has 1 atom stereocenters. The third-order valence-corrected chi connectivity index (χ3v) is 3.93. The van der Waals surface area contributed by atoms with Crippen molar-refractivity contribution >= 4 is 0 Å². The summed E-state index contributed by atoms with van der Waals surface area (Å²) in [5, 5.41) is 9.02. The van der Waals surface area contributed by atoms with Gasteiger partial charge >= 0.3 is 0 Å². The van der Waals surface area contributed by atoms with Gasteiger partial charge in [-0.1, -0.05) is 49.4 Å². The van der Waals surface area contributed by atoms with Crippen molar-refractivity contribution in [1.29, 1.82) is 0 Å². The lowest BCUT2D eigenvalue weighted by Crippen LogP contribution is -2.00. The van der Waals surface area contributed by atoms with Crippen LogP contribution in [0.1, 0.15) is 36.0 Å². The van der Waals surface area contributed by atoms with E-state index in [1.54, 1.807) is 7.11 Å². The summed E-state index contributed by atoms with van der Waals surface area (Å²) in [5.74, 6) is 1.43. The third-order valence-electron chi connectivity index (χ3n) is 3.93. The summed E-state index contributed by atoms with van der Waals surface area (Å²) in [6.45, 7) is 2.45. The monoisotopic (exact) mass is 284 g/mol. The Labute approximate surface area is 127 Å². The first-order chi connectivity index (χ1) is 10.2. The van der Waals surface area contributed by atoms with Gasteiger partial charge in [0.1, 0.15) is 5.75 Å². The van der Waals surface area contributed by atoms with E-state index in [1.165, 1.54) is 16.7 Å². The standard InChI is InChI=1S/C19H24O2/c1-15(18-8-3-4-9-19(18)21-2)10-11-16-6-5-7-17(14-16)12-13-20/h3-9,14-15,20H,10-13H2,1-2H3. The Kier molecular flexibility index (Phi) is 5.82. The molecule has 0 aliphatic rings. The van der Waals surface area contributed by atoms with Gasteiger partial charge in [-0.05, 0) is 47.9 Å². The fourth-order valence-electron chi connectivity index (χ4n) is 2.68. The average molecular weight is 284 g/mol. The Morgan fingerprint density at radius 3 is 2.43 bits per heavy atom. The maximum absolute atomic E-state index is 9.02. The van der Waals surface area contributed by atoms with E-state index in [4.69, 9.17) is 9.84 Å². The summed E-state index contributed by atoms with van der Waals surface area (Å²) in [4.78, 5) is 0. The highest BCUT2D eigenvalue weighted by atomic mass is 16.5. The second-order valence-electron chi connectivity index (χ2n) is 5.48. The van der Waals surface area contributed by atoms with Crippen LogP contribution in [0.15, 0.2) is 48.5 Å². The molecule has 0 aliphatic heterocycles. The highest BCUT2D eigenvalue weighted by molar-refractivity contribution is 5.36. The van der Waals surface area contributed by atoms with E-state index >= 15 is 0 Å². The zero-order valence-corrected chi connectivity index (χ0v) is 12.9. The van der Waals surface area contributed by atoms with Crippen molar-refractivity contribution in [2.24, 2.45) is 0 Å². The molecule has 1 N–H and O–H groups in total. The van der Waals surface area contributed by atoms with Crippen LogP contribution in [0.5, 0.6) is 5.75 Å². The van der Waals surface area contributed by atoms with Crippen LogP contribution in [0.2, 0.25) is 0 Å². The molecule has 0 fully saturated rings. The van der Waals surface area contributed by atoms with Crippen LogP contribution in [0, 0.1) is 0 Å². The van der Waals surface area contributed by atoms with Gasteiger partial charge in [-0.15, -0.1) is 0 Å². The van der Waals surface area contributed by atoms with Crippen LogP contribution in [-0.2, 0) is 12.8 Å². The minimum atomic E-state index is 0.209. The number of hydrogen-bond donors (Lipinski definition) is 1. The molecule has 2 rings (SSSR count). The Morgan fingerprint density at radius 2 is 1.71 bits per heavy atom. The SMILES string of the molecule is COc1ccccc1C(C)CCc1cccc(CCO)c1. The van der Waals surface area contributed by atoms with Gasteiger partial charge in [-0.2, -0.15) is 0 Å². The average Bonchev–Trinajstić information content (AvgIpc) is 2.53. The van der Waals surface area contributed by atoms with Gasteiger partial charge in [0.25, 0.3) is 0 Å². The molecule has 0 radical (unpaired) electrons. The minimum absolute atomic E-state index is 0.209. The van der Waals surface area contributed by atoms with Gasteiger partial charge in [-0.25, -0.2) is 0 Å². The van der Waals surface area contributed by atoms with E-state index in [1.807, 2.05) is 12.1 Å². The van der Waals surface area contributed by atoms with Crippen LogP contribution in [-0.4, -0.2) is 18.8 Å². The molecule has 0 amide bonds. The van der Waals surface area contributed by atoms with Crippen molar-refractivity contribution < 1.29 is 9.84 Å². The van der Waals surface area contributed by atoms with Gasteiger partial charge in [-0.3, -0.25) is 0 Å². The lowest BCUT2D eigenvalue weighted by atomic mass is 9.93. The topological polar surface area (TPSA) is 29.5 Å². The van der Waals surface area contributed by atoms with Gasteiger partial charge in [0, 0.05) is 6.61 Å². The van der Waals surface area contributed by atoms with Crippen molar-refractivity contribution in [3.8, 4) is 5.75 Å². The van der Waals surface area contributed by atoms with Crippen LogP contribution >= 0.6 is 0 Å². The van der Waals surface area contributed by atoms with Crippen molar-refractivity contribution in [1.82, 2.24) is 0 Å². The number of methoxy groups -OCH3 is 1. The highest BCUT2D eigenvalue weighted by Crippen LogP contribution is 2.29. The first-order valence-electron chi connectivity index (χ1n) is 7.56. The summed E-state index contributed by atoms with van der Waals surface area (Å²) in [7, 11) is 1.73. The lowest BCUT2D eigenvalue weighted by Gasteiger charge is -2.15. The van der Waals surface area contributed by atoms with Crippen molar-refractivity contribution in [3.05, 3.63) is 65.2 Å². The predicted molar refractivity (Wildman–Crippen MR) is 87.0 cm³/mol. The quantitative estimate of drug-likeness (QED) is 0.833. The smallest absolute Gasteiger partial charge is 0.122 e. The molecule has 0 heterocycles. The zero-order chi connectivity index (χ0) is 15.1. The summed E-state index contributed by atoms with van der Waals surface area (Å²) in [5.41, 5.74) is 3.81. The van der Waals surface area contributed by atoms with E-state index < -0.39 is 0 Å². The Bertz CT molecular complexity index is 563. The minimum Gasteiger partial charge on any atom is -0.496 e. The van der Waals surface area contributed by atoms with E-state index in [-0.39, 0.29) is 6.61 Å². The van der Waals surface area contributed by atoms with Crippen LogP contribution in [0.25, 0.3) is 0 Å². The number of para-hydroxylation sites is 1. The second-order valence-corrected chi connectivity index (χ2v) is 5.48. The second kappa shape index (κ2) is 7.84. The maximum Gasteiger partial charge on any atom is 0.122 e. The molecule has 0 aromatic heterocycles. The lowest BCUT2D eigenvalue weighted by molar-refractivity contribution is 0.299. The number of aryl methyl sites for hydroxylation is 1. The zero-order valence-electron chi connectivity index (χ0n) is 12.9. The molecule has 0 aliphatic carbocycles. The van der Waals surface area contributed by atoms with Crippen LogP contribution in [0.4, 0.5) is 0 Å². The van der Waals surface area contributed by atoms with E-state index in [2.05, 4.69) is 43.3 Å². The molecule has 0 spiro atoms. The Balaban J connectivity index is 2.00. The molecule has 2 aromatic carbocycles. The van der Waals surface area contributed by atoms with E-state index in [0.717, 1.165) is 25.0 Å².